The molecule has 2 aromatic heterocycles. The molecule has 104 valence electrons. The second kappa shape index (κ2) is 6.27. The van der Waals surface area contributed by atoms with Crippen molar-refractivity contribution in [2.45, 2.75) is 26.4 Å². The highest BCUT2D eigenvalue weighted by atomic mass is 32.1. The number of hydrogen-bond donors (Lipinski definition) is 2. The summed E-state index contributed by atoms with van der Waals surface area (Å²) in [6, 6.07) is 0. The van der Waals surface area contributed by atoms with Crippen molar-refractivity contribution in [1.29, 1.82) is 0 Å². The summed E-state index contributed by atoms with van der Waals surface area (Å²) in [6.45, 7) is 5.19. The van der Waals surface area contributed by atoms with E-state index in [1.807, 2.05) is 0 Å². The van der Waals surface area contributed by atoms with E-state index >= 15 is 0 Å². The van der Waals surface area contributed by atoms with Crippen molar-refractivity contribution < 1.29 is 9.84 Å². The van der Waals surface area contributed by atoms with Gasteiger partial charge in [0.1, 0.15) is 17.0 Å². The number of nitrogens with zero attached hydrogens (tertiary/aromatic N) is 2. The molecule has 2 N–H and O–H groups in total. The van der Waals surface area contributed by atoms with Gasteiger partial charge in [-0.05, 0) is 25.8 Å². The number of anilines is 1. The molecule has 0 aromatic carbocycles. The SMILES string of the molecule is COCC(O)CCNc1ncnc2sc(C)c(C)c12. The number of rotatable bonds is 6. The molecule has 1 atom stereocenters. The van der Waals surface area contributed by atoms with E-state index in [4.69, 9.17) is 4.74 Å². The fourth-order valence-electron chi connectivity index (χ4n) is 1.95. The number of fused-ring (bicyclic) bond motifs is 1. The normalized spacial score (nSPS) is 12.8. The average molecular weight is 281 g/mol. The molecule has 2 aromatic rings. The minimum Gasteiger partial charge on any atom is -0.391 e. The van der Waals surface area contributed by atoms with E-state index in [9.17, 15) is 5.11 Å². The van der Waals surface area contributed by atoms with Gasteiger partial charge in [-0.3, -0.25) is 0 Å². The first-order valence-corrected chi connectivity index (χ1v) is 7.06. The van der Waals surface area contributed by atoms with Gasteiger partial charge >= 0.3 is 0 Å². The highest BCUT2D eigenvalue weighted by Crippen LogP contribution is 2.32. The molecule has 19 heavy (non-hydrogen) atoms. The molecule has 2 heterocycles. The van der Waals surface area contributed by atoms with Crippen LogP contribution in [-0.2, 0) is 4.74 Å². The molecule has 0 saturated carbocycles. The van der Waals surface area contributed by atoms with Gasteiger partial charge in [0.05, 0.1) is 18.1 Å². The first-order valence-electron chi connectivity index (χ1n) is 6.25. The van der Waals surface area contributed by atoms with E-state index in [1.165, 1.54) is 10.4 Å². The van der Waals surface area contributed by atoms with Gasteiger partial charge in [0.2, 0.25) is 0 Å². The monoisotopic (exact) mass is 281 g/mol. The van der Waals surface area contributed by atoms with Crippen LogP contribution in [0.5, 0.6) is 0 Å². The van der Waals surface area contributed by atoms with Crippen molar-refractivity contribution in [2.24, 2.45) is 0 Å². The summed E-state index contributed by atoms with van der Waals surface area (Å²) in [7, 11) is 1.59. The first kappa shape index (κ1) is 14.2. The maximum Gasteiger partial charge on any atom is 0.138 e. The Morgan fingerprint density at radius 3 is 2.95 bits per heavy atom. The molecule has 0 amide bonds. The molecule has 5 nitrogen and oxygen atoms in total. The number of aryl methyl sites for hydroxylation is 2. The molecule has 6 heteroatoms. The molecule has 0 aliphatic rings. The van der Waals surface area contributed by atoms with Crippen LogP contribution in [0, 0.1) is 13.8 Å². The Kier molecular flexibility index (Phi) is 4.68. The fraction of sp³-hybridized carbons (Fsp3) is 0.538. The molecule has 0 aliphatic carbocycles. The van der Waals surface area contributed by atoms with Crippen LogP contribution in [0.2, 0.25) is 0 Å². The lowest BCUT2D eigenvalue weighted by Crippen LogP contribution is -2.18. The summed E-state index contributed by atoms with van der Waals surface area (Å²) in [5.41, 5.74) is 1.22. The molecular formula is C13H19N3O2S. The molecule has 0 spiro atoms. The molecule has 1 unspecified atom stereocenters. The summed E-state index contributed by atoms with van der Waals surface area (Å²) < 4.78 is 4.90. The van der Waals surface area contributed by atoms with Crippen molar-refractivity contribution in [3.63, 3.8) is 0 Å². The van der Waals surface area contributed by atoms with Gasteiger partial charge in [0.25, 0.3) is 0 Å². The van der Waals surface area contributed by atoms with Crippen LogP contribution in [0.25, 0.3) is 10.2 Å². The number of nitrogens with one attached hydrogen (secondary N) is 1. The van der Waals surface area contributed by atoms with E-state index in [0.717, 1.165) is 16.0 Å². The Bertz CT molecular complexity index is 556. The Morgan fingerprint density at radius 2 is 2.21 bits per heavy atom. The second-order valence-electron chi connectivity index (χ2n) is 4.51. The van der Waals surface area contributed by atoms with Crippen molar-refractivity contribution >= 4 is 27.4 Å². The molecule has 0 aliphatic heterocycles. The maximum absolute atomic E-state index is 9.60. The number of hydrogen-bond acceptors (Lipinski definition) is 6. The summed E-state index contributed by atoms with van der Waals surface area (Å²) in [5.74, 6) is 0.844. The summed E-state index contributed by atoms with van der Waals surface area (Å²) in [6.07, 6.45) is 1.76. The lowest BCUT2D eigenvalue weighted by molar-refractivity contribution is 0.0615. The lowest BCUT2D eigenvalue weighted by atomic mass is 10.2. The summed E-state index contributed by atoms with van der Waals surface area (Å²) >= 11 is 1.68. The fourth-order valence-corrected chi connectivity index (χ4v) is 2.95. The van der Waals surface area contributed by atoms with Gasteiger partial charge < -0.3 is 15.2 Å². The van der Waals surface area contributed by atoms with Crippen molar-refractivity contribution in [3.05, 3.63) is 16.8 Å². The minimum atomic E-state index is -0.444. The van der Waals surface area contributed by atoms with E-state index in [2.05, 4.69) is 29.1 Å². The van der Waals surface area contributed by atoms with Gasteiger partial charge in [0, 0.05) is 18.5 Å². The molecule has 0 radical (unpaired) electrons. The first-order chi connectivity index (χ1) is 9.13. The van der Waals surface area contributed by atoms with E-state index < -0.39 is 6.10 Å². The van der Waals surface area contributed by atoms with Gasteiger partial charge in [-0.1, -0.05) is 0 Å². The Hall–Kier alpha value is -1.24. The number of aliphatic hydroxyl groups is 1. The van der Waals surface area contributed by atoms with Crippen molar-refractivity contribution in [1.82, 2.24) is 9.97 Å². The van der Waals surface area contributed by atoms with Crippen LogP contribution < -0.4 is 5.32 Å². The van der Waals surface area contributed by atoms with Gasteiger partial charge in [-0.2, -0.15) is 0 Å². The zero-order valence-corrected chi connectivity index (χ0v) is 12.3. The second-order valence-corrected chi connectivity index (χ2v) is 5.71. The van der Waals surface area contributed by atoms with Crippen LogP contribution in [0.1, 0.15) is 16.9 Å². The molecule has 0 bridgehead atoms. The van der Waals surface area contributed by atoms with Gasteiger partial charge in [0.15, 0.2) is 0 Å². The minimum absolute atomic E-state index is 0.359. The third-order valence-electron chi connectivity index (χ3n) is 3.09. The predicted octanol–water partition coefficient (Wildman–Crippen LogP) is 2.12. The van der Waals surface area contributed by atoms with Crippen LogP contribution in [0.3, 0.4) is 0 Å². The summed E-state index contributed by atoms with van der Waals surface area (Å²) in [5, 5.41) is 14.0. The molecule has 0 fully saturated rings. The highest BCUT2D eigenvalue weighted by Gasteiger charge is 2.12. The third-order valence-corrected chi connectivity index (χ3v) is 4.21. The largest absolute Gasteiger partial charge is 0.391 e. The Labute approximate surface area is 116 Å². The molecular weight excluding hydrogens is 262 g/mol. The number of aliphatic hydroxyl groups excluding tert-OH is 1. The van der Waals surface area contributed by atoms with Crippen LogP contribution in [-0.4, -0.2) is 41.4 Å². The zero-order valence-electron chi connectivity index (χ0n) is 11.4. The topological polar surface area (TPSA) is 67.3 Å². The van der Waals surface area contributed by atoms with Crippen LogP contribution >= 0.6 is 11.3 Å². The smallest absolute Gasteiger partial charge is 0.138 e. The summed E-state index contributed by atoms with van der Waals surface area (Å²) in [4.78, 5) is 10.9. The highest BCUT2D eigenvalue weighted by molar-refractivity contribution is 7.18. The Balaban J connectivity index is 2.08. The maximum atomic E-state index is 9.60. The van der Waals surface area contributed by atoms with Crippen LogP contribution in [0.15, 0.2) is 6.33 Å². The van der Waals surface area contributed by atoms with E-state index in [-0.39, 0.29) is 0 Å². The van der Waals surface area contributed by atoms with Gasteiger partial charge in [-0.15, -0.1) is 11.3 Å². The standard InChI is InChI=1S/C13H19N3O2S/c1-8-9(2)19-13-11(8)12(15-7-16-13)14-5-4-10(17)6-18-3/h7,10,17H,4-6H2,1-3H3,(H,14,15,16). The third kappa shape index (κ3) is 3.20. The lowest BCUT2D eigenvalue weighted by Gasteiger charge is -2.11. The number of methoxy groups -OCH3 is 1. The predicted molar refractivity (Wildman–Crippen MR) is 77.9 cm³/mol. The zero-order chi connectivity index (χ0) is 13.8. The molecule has 0 saturated heterocycles. The van der Waals surface area contributed by atoms with E-state index in [0.29, 0.717) is 19.6 Å². The quantitative estimate of drug-likeness (QED) is 0.849. The average Bonchev–Trinajstić information content (AvgIpc) is 2.66. The number of thiophene rings is 1. The number of aromatic nitrogens is 2. The Morgan fingerprint density at radius 1 is 1.42 bits per heavy atom. The van der Waals surface area contributed by atoms with Crippen molar-refractivity contribution in [2.75, 3.05) is 25.6 Å². The van der Waals surface area contributed by atoms with Gasteiger partial charge in [-0.25, -0.2) is 9.97 Å². The number of ether oxygens (including phenoxy) is 1. The van der Waals surface area contributed by atoms with Crippen LogP contribution in [0.4, 0.5) is 5.82 Å². The van der Waals surface area contributed by atoms with E-state index in [1.54, 1.807) is 24.8 Å². The van der Waals surface area contributed by atoms with Crippen molar-refractivity contribution in [3.8, 4) is 0 Å². The molecule has 2 rings (SSSR count).